The molecule has 2 N–H and O–H groups in total. The number of fused-ring (bicyclic) bond motifs is 1. The van der Waals surface area contributed by atoms with Crippen LogP contribution >= 0.6 is 0 Å². The molecule has 0 fully saturated rings. The van der Waals surface area contributed by atoms with Crippen molar-refractivity contribution in [3.63, 3.8) is 0 Å². The van der Waals surface area contributed by atoms with Gasteiger partial charge >= 0.3 is 0 Å². The summed E-state index contributed by atoms with van der Waals surface area (Å²) in [6, 6.07) is 18.5. The van der Waals surface area contributed by atoms with E-state index >= 15 is 4.39 Å². The fourth-order valence-corrected chi connectivity index (χ4v) is 4.48. The molecule has 0 aliphatic heterocycles. The minimum absolute atomic E-state index is 0.0127. The highest BCUT2D eigenvalue weighted by Gasteiger charge is 2.36. The van der Waals surface area contributed by atoms with Crippen LogP contribution in [-0.2, 0) is 18.7 Å². The number of hydrogen-bond acceptors (Lipinski definition) is 5. The van der Waals surface area contributed by atoms with Crippen molar-refractivity contribution in [1.29, 1.82) is 0 Å². The van der Waals surface area contributed by atoms with Crippen LogP contribution < -0.4 is 9.64 Å². The van der Waals surface area contributed by atoms with Crippen molar-refractivity contribution in [2.75, 3.05) is 18.6 Å². The molecule has 0 amide bonds. The Balaban J connectivity index is 1.58. The molecule has 184 valence electrons. The smallest absolute Gasteiger partial charge is 0.137 e. The molecule has 2 heterocycles. The molecule has 0 bridgehead atoms. The van der Waals surface area contributed by atoms with E-state index in [2.05, 4.69) is 15.1 Å². The molecule has 1 unspecified atom stereocenters. The number of halogens is 2. The summed E-state index contributed by atoms with van der Waals surface area (Å²) < 4.78 is 35.5. The molecule has 2 aromatic heterocycles. The molecule has 0 aliphatic carbocycles. The third kappa shape index (κ3) is 4.78. The van der Waals surface area contributed by atoms with E-state index in [9.17, 15) is 9.50 Å². The number of methoxy groups -OCH3 is 1. The van der Waals surface area contributed by atoms with Crippen molar-refractivity contribution in [1.82, 2.24) is 19.7 Å². The molecule has 9 heteroatoms. The van der Waals surface area contributed by atoms with Crippen LogP contribution in [-0.4, -0.2) is 38.5 Å². The second kappa shape index (κ2) is 9.79. The normalized spacial score (nSPS) is 13.0. The molecule has 7 nitrogen and oxygen atoms in total. The van der Waals surface area contributed by atoms with E-state index in [1.807, 2.05) is 59.6 Å². The summed E-state index contributed by atoms with van der Waals surface area (Å²) in [5.41, 5.74) is 0.989. The first-order chi connectivity index (χ1) is 17.4. The maximum absolute atomic E-state index is 15.0. The average Bonchev–Trinajstić information content (AvgIpc) is 3.53. The van der Waals surface area contributed by atoms with Gasteiger partial charge < -0.3 is 19.7 Å². The standard InChI is InChI=1S/C27H25F2N5O2/c1-36-22-9-7-21(8-10-22)33(14-19-13-31-26-5-3-2-4-23(19)26)15-27(35,16-34-18-30-17-32-34)24-11-6-20(28)12-25(24)29/h2-13,17-18,31,35H,14-16H2,1H3. The monoisotopic (exact) mass is 489 g/mol. The number of aromatic amines is 1. The first-order valence-corrected chi connectivity index (χ1v) is 11.4. The van der Waals surface area contributed by atoms with Crippen molar-refractivity contribution in [3.8, 4) is 5.75 Å². The number of ether oxygens (including phenoxy) is 1. The van der Waals surface area contributed by atoms with E-state index in [0.29, 0.717) is 12.3 Å². The summed E-state index contributed by atoms with van der Waals surface area (Å²) in [4.78, 5) is 9.17. The predicted molar refractivity (Wildman–Crippen MR) is 133 cm³/mol. The number of nitrogens with zero attached hydrogens (tertiary/aromatic N) is 4. The van der Waals surface area contributed by atoms with E-state index in [1.165, 1.54) is 23.4 Å². The zero-order chi connectivity index (χ0) is 25.1. The zero-order valence-electron chi connectivity index (χ0n) is 19.6. The van der Waals surface area contributed by atoms with Crippen LogP contribution in [0.2, 0.25) is 0 Å². The summed E-state index contributed by atoms with van der Waals surface area (Å²) in [7, 11) is 1.59. The SMILES string of the molecule is COc1ccc(N(Cc2c[nH]c3ccccc23)CC(O)(Cn2cncn2)c2ccc(F)cc2F)cc1. The van der Waals surface area contributed by atoms with Gasteiger partial charge in [-0.05, 0) is 42.0 Å². The molecule has 0 aliphatic rings. The van der Waals surface area contributed by atoms with Gasteiger partial charge in [-0.2, -0.15) is 5.10 Å². The number of nitrogens with one attached hydrogen (secondary N) is 1. The van der Waals surface area contributed by atoms with E-state index < -0.39 is 17.2 Å². The molecule has 5 aromatic rings. The van der Waals surface area contributed by atoms with Gasteiger partial charge in [0.1, 0.15) is 35.6 Å². The summed E-state index contributed by atoms with van der Waals surface area (Å²) >= 11 is 0. The Labute approximate surface area is 206 Å². The van der Waals surface area contributed by atoms with Gasteiger partial charge in [0, 0.05) is 41.0 Å². The Bertz CT molecular complexity index is 1450. The molecule has 36 heavy (non-hydrogen) atoms. The summed E-state index contributed by atoms with van der Waals surface area (Å²) in [5.74, 6) is -0.863. The lowest BCUT2D eigenvalue weighted by Crippen LogP contribution is -2.44. The highest BCUT2D eigenvalue weighted by atomic mass is 19.1. The fraction of sp³-hybridized carbons (Fsp3) is 0.185. The number of hydrogen-bond donors (Lipinski definition) is 2. The molecular weight excluding hydrogens is 464 g/mol. The number of aliphatic hydroxyl groups is 1. The van der Waals surface area contributed by atoms with E-state index in [-0.39, 0.29) is 18.7 Å². The van der Waals surface area contributed by atoms with Gasteiger partial charge in [-0.3, -0.25) is 0 Å². The molecule has 5 rings (SSSR count). The van der Waals surface area contributed by atoms with Gasteiger partial charge in [0.2, 0.25) is 0 Å². The predicted octanol–water partition coefficient (Wildman–Crippen LogP) is 4.64. The quantitative estimate of drug-likeness (QED) is 0.315. The third-order valence-electron chi connectivity index (χ3n) is 6.25. The number of H-pyrrole nitrogens is 1. The molecular formula is C27H25F2N5O2. The van der Waals surface area contributed by atoms with Crippen molar-refractivity contribution in [2.45, 2.75) is 18.7 Å². The van der Waals surface area contributed by atoms with Gasteiger partial charge in [-0.1, -0.05) is 24.3 Å². The van der Waals surface area contributed by atoms with Crippen molar-refractivity contribution in [2.24, 2.45) is 0 Å². The summed E-state index contributed by atoms with van der Waals surface area (Å²) in [5, 5.41) is 17.1. The van der Waals surface area contributed by atoms with Crippen molar-refractivity contribution in [3.05, 3.63) is 108 Å². The largest absolute Gasteiger partial charge is 0.497 e. The minimum atomic E-state index is -1.77. The lowest BCUT2D eigenvalue weighted by Gasteiger charge is -2.36. The second-order valence-electron chi connectivity index (χ2n) is 8.66. The van der Waals surface area contributed by atoms with Crippen LogP contribution in [0.15, 0.2) is 85.6 Å². The van der Waals surface area contributed by atoms with Crippen molar-refractivity contribution < 1.29 is 18.6 Å². The Morgan fingerprint density at radius 1 is 1.08 bits per heavy atom. The molecule has 3 aromatic carbocycles. The first kappa shape index (κ1) is 23.5. The lowest BCUT2D eigenvalue weighted by atomic mass is 9.91. The van der Waals surface area contributed by atoms with Crippen LogP contribution in [0.25, 0.3) is 10.9 Å². The van der Waals surface area contributed by atoms with E-state index in [0.717, 1.165) is 34.3 Å². The highest BCUT2D eigenvalue weighted by Crippen LogP contribution is 2.32. The van der Waals surface area contributed by atoms with E-state index in [4.69, 9.17) is 4.74 Å². The Morgan fingerprint density at radius 2 is 1.89 bits per heavy atom. The van der Waals surface area contributed by atoms with Crippen molar-refractivity contribution >= 4 is 16.6 Å². The number of para-hydroxylation sites is 1. The average molecular weight is 490 g/mol. The Morgan fingerprint density at radius 3 is 2.61 bits per heavy atom. The Hall–Kier alpha value is -4.24. The fourth-order valence-electron chi connectivity index (χ4n) is 4.48. The van der Waals surface area contributed by atoms with E-state index in [1.54, 1.807) is 7.11 Å². The highest BCUT2D eigenvalue weighted by molar-refractivity contribution is 5.83. The molecule has 0 saturated heterocycles. The maximum Gasteiger partial charge on any atom is 0.137 e. The number of aromatic nitrogens is 4. The van der Waals surface area contributed by atoms with Gasteiger partial charge in [-0.25, -0.2) is 18.4 Å². The van der Waals surface area contributed by atoms with Gasteiger partial charge in [0.05, 0.1) is 20.2 Å². The van der Waals surface area contributed by atoms with Crippen LogP contribution in [0, 0.1) is 11.6 Å². The zero-order valence-corrected chi connectivity index (χ0v) is 19.6. The Kier molecular flexibility index (Phi) is 6.39. The topological polar surface area (TPSA) is 79.2 Å². The van der Waals surface area contributed by atoms with Gasteiger partial charge in [-0.15, -0.1) is 0 Å². The lowest BCUT2D eigenvalue weighted by molar-refractivity contribution is 0.0182. The summed E-state index contributed by atoms with van der Waals surface area (Å²) in [6.07, 6.45) is 4.72. The van der Waals surface area contributed by atoms with Crippen LogP contribution in [0.3, 0.4) is 0 Å². The molecule has 0 spiro atoms. The molecule has 1 atom stereocenters. The molecule has 0 saturated carbocycles. The molecule has 0 radical (unpaired) electrons. The minimum Gasteiger partial charge on any atom is -0.497 e. The maximum atomic E-state index is 15.0. The summed E-state index contributed by atoms with van der Waals surface area (Å²) in [6.45, 7) is 0.316. The van der Waals surface area contributed by atoms with Crippen LogP contribution in [0.1, 0.15) is 11.1 Å². The first-order valence-electron chi connectivity index (χ1n) is 11.4. The van der Waals surface area contributed by atoms with Gasteiger partial charge in [0.15, 0.2) is 0 Å². The van der Waals surface area contributed by atoms with Gasteiger partial charge in [0.25, 0.3) is 0 Å². The third-order valence-corrected chi connectivity index (χ3v) is 6.25. The number of rotatable bonds is 9. The van der Waals surface area contributed by atoms with Crippen LogP contribution in [0.5, 0.6) is 5.75 Å². The second-order valence-corrected chi connectivity index (χ2v) is 8.66. The van der Waals surface area contributed by atoms with Crippen LogP contribution in [0.4, 0.5) is 14.5 Å². The number of anilines is 1. The number of benzene rings is 3.